The van der Waals surface area contributed by atoms with Crippen LogP contribution in [0.2, 0.25) is 0 Å². The second-order valence-electron chi connectivity index (χ2n) is 16.3. The first-order valence-corrected chi connectivity index (χ1v) is 21.2. The van der Waals surface area contributed by atoms with Gasteiger partial charge in [0, 0.05) is 33.2 Å². The van der Waals surface area contributed by atoms with Gasteiger partial charge in [0.25, 0.3) is 0 Å². The molecule has 0 aliphatic heterocycles. The minimum atomic E-state index is -0.439. The van der Waals surface area contributed by atoms with E-state index in [0.29, 0.717) is 17.5 Å². The van der Waals surface area contributed by atoms with Gasteiger partial charge in [-0.25, -0.2) is 15.0 Å². The lowest BCUT2D eigenvalue weighted by molar-refractivity contribution is 0.796. The van der Waals surface area contributed by atoms with E-state index in [1.165, 1.54) is 55.5 Å². The van der Waals surface area contributed by atoms with Crippen molar-refractivity contribution in [3.63, 3.8) is 0 Å². The maximum atomic E-state index is 5.31. The first-order chi connectivity index (χ1) is 30.8. The van der Waals surface area contributed by atoms with Crippen LogP contribution in [0.3, 0.4) is 0 Å². The third-order valence-electron chi connectivity index (χ3n) is 13.1. The Kier molecular flexibility index (Phi) is 7.49. The summed E-state index contributed by atoms with van der Waals surface area (Å²) in [5.41, 5.74) is 18.5. The normalized spacial score (nSPS) is 13.0. The highest BCUT2D eigenvalue weighted by Crippen LogP contribution is 2.64. The van der Waals surface area contributed by atoms with Gasteiger partial charge in [0.05, 0.1) is 16.4 Å². The molecule has 2 heterocycles. The quantitative estimate of drug-likeness (QED) is 0.174. The molecule has 0 unspecified atom stereocenters. The molecule has 13 rings (SSSR count). The average molecular weight is 789 g/mol. The standard InChI is InChI=1S/C58H36N4/c1-3-17-38(18-4-1)55-59-56(61-57(60-55)48-28-16-27-47-45-24-10-14-32-52(45)62(54(47)48)40-19-5-2-6-20-40)39-35-33-37(34-36-39)41-25-15-26-46-44-23-9-13-31-51(44)58(53(41)46)49-29-11-7-21-42(49)43-22-8-12-30-50(43)58/h1-36H. The van der Waals surface area contributed by atoms with Crippen molar-refractivity contribution in [3.05, 3.63) is 241 Å². The van der Waals surface area contributed by atoms with Gasteiger partial charge in [-0.15, -0.1) is 0 Å². The van der Waals surface area contributed by atoms with Gasteiger partial charge in [0.15, 0.2) is 17.5 Å². The monoisotopic (exact) mass is 788 g/mol. The lowest BCUT2D eigenvalue weighted by Gasteiger charge is -2.32. The first-order valence-electron chi connectivity index (χ1n) is 21.2. The third kappa shape index (κ3) is 4.86. The number of hydrogen-bond donors (Lipinski definition) is 0. The fourth-order valence-corrected chi connectivity index (χ4v) is 10.6. The number of rotatable bonds is 5. The van der Waals surface area contributed by atoms with Crippen LogP contribution in [-0.4, -0.2) is 19.5 Å². The Hall–Kier alpha value is -8.21. The van der Waals surface area contributed by atoms with Gasteiger partial charge in [-0.3, -0.25) is 0 Å². The molecular weight excluding hydrogens is 753 g/mol. The molecule has 0 amide bonds. The van der Waals surface area contributed by atoms with Gasteiger partial charge in [0.1, 0.15) is 0 Å². The number of para-hydroxylation sites is 3. The summed E-state index contributed by atoms with van der Waals surface area (Å²) in [7, 11) is 0. The Morgan fingerprint density at radius 1 is 0.306 bits per heavy atom. The van der Waals surface area contributed by atoms with Crippen LogP contribution in [0.4, 0.5) is 0 Å². The average Bonchev–Trinajstić information content (AvgIpc) is 3.97. The number of fused-ring (bicyclic) bond motifs is 13. The molecule has 0 saturated heterocycles. The van der Waals surface area contributed by atoms with E-state index < -0.39 is 5.41 Å². The summed E-state index contributed by atoms with van der Waals surface area (Å²) in [6.45, 7) is 0. The van der Waals surface area contributed by atoms with E-state index in [1.807, 2.05) is 18.2 Å². The molecular formula is C58H36N4. The Labute approximate surface area is 359 Å². The SMILES string of the molecule is c1ccc(-c2nc(-c3ccc(-c4cccc5c4C4(c6ccccc6-c6ccccc64)c4ccccc4-5)cc3)nc(-c3cccc4c5ccccc5n(-c5ccccc5)c34)n2)cc1. The fraction of sp³-hybridized carbons (Fsp3) is 0.0172. The summed E-state index contributed by atoms with van der Waals surface area (Å²) in [6.07, 6.45) is 0. The van der Waals surface area contributed by atoms with E-state index in [1.54, 1.807) is 0 Å². The second kappa shape index (κ2) is 13.4. The highest BCUT2D eigenvalue weighted by Gasteiger charge is 2.52. The second-order valence-corrected chi connectivity index (χ2v) is 16.3. The number of hydrogen-bond acceptors (Lipinski definition) is 3. The molecule has 11 aromatic rings. The van der Waals surface area contributed by atoms with Crippen LogP contribution in [0.25, 0.3) is 95.0 Å². The van der Waals surface area contributed by atoms with Crippen LogP contribution >= 0.6 is 0 Å². The summed E-state index contributed by atoms with van der Waals surface area (Å²) in [4.78, 5) is 15.7. The molecule has 2 aromatic heterocycles. The molecule has 4 nitrogen and oxygen atoms in total. The molecule has 0 saturated carbocycles. The number of aromatic nitrogens is 4. The Balaban J connectivity index is 0.999. The number of nitrogens with zero attached hydrogens (tertiary/aromatic N) is 4. The lowest BCUT2D eigenvalue weighted by Crippen LogP contribution is -2.26. The predicted molar refractivity (Wildman–Crippen MR) is 252 cm³/mol. The van der Waals surface area contributed by atoms with Crippen molar-refractivity contribution in [3.8, 4) is 73.2 Å². The van der Waals surface area contributed by atoms with Crippen molar-refractivity contribution in [2.45, 2.75) is 5.41 Å². The van der Waals surface area contributed by atoms with Gasteiger partial charge in [-0.1, -0.05) is 194 Å². The highest BCUT2D eigenvalue weighted by atomic mass is 15.0. The third-order valence-corrected chi connectivity index (χ3v) is 13.1. The van der Waals surface area contributed by atoms with E-state index >= 15 is 0 Å². The summed E-state index contributed by atoms with van der Waals surface area (Å²) in [5.74, 6) is 1.89. The van der Waals surface area contributed by atoms with Crippen molar-refractivity contribution in [2.24, 2.45) is 0 Å². The zero-order chi connectivity index (χ0) is 40.8. The van der Waals surface area contributed by atoms with Gasteiger partial charge >= 0.3 is 0 Å². The van der Waals surface area contributed by atoms with Crippen molar-refractivity contribution < 1.29 is 0 Å². The maximum absolute atomic E-state index is 5.31. The maximum Gasteiger partial charge on any atom is 0.166 e. The van der Waals surface area contributed by atoms with E-state index in [0.717, 1.165) is 44.4 Å². The van der Waals surface area contributed by atoms with Crippen LogP contribution < -0.4 is 0 Å². The van der Waals surface area contributed by atoms with E-state index in [2.05, 4.69) is 205 Å². The zero-order valence-corrected chi connectivity index (χ0v) is 33.6. The van der Waals surface area contributed by atoms with Crippen molar-refractivity contribution >= 4 is 21.8 Å². The van der Waals surface area contributed by atoms with E-state index in [-0.39, 0.29) is 0 Å². The summed E-state index contributed by atoms with van der Waals surface area (Å²) in [5, 5.41) is 2.33. The van der Waals surface area contributed by atoms with E-state index in [9.17, 15) is 0 Å². The summed E-state index contributed by atoms with van der Waals surface area (Å²) in [6, 6.07) is 78.4. The molecule has 0 bridgehead atoms. The minimum absolute atomic E-state index is 0.439. The van der Waals surface area contributed by atoms with Crippen LogP contribution in [0.1, 0.15) is 22.3 Å². The van der Waals surface area contributed by atoms with Crippen molar-refractivity contribution in [1.82, 2.24) is 19.5 Å². The van der Waals surface area contributed by atoms with Gasteiger partial charge in [-0.2, -0.15) is 0 Å². The van der Waals surface area contributed by atoms with Crippen LogP contribution in [-0.2, 0) is 5.41 Å². The van der Waals surface area contributed by atoms with E-state index in [4.69, 9.17) is 15.0 Å². The molecule has 62 heavy (non-hydrogen) atoms. The highest BCUT2D eigenvalue weighted by molar-refractivity contribution is 6.13. The first kappa shape index (κ1) is 34.6. The molecule has 2 aliphatic carbocycles. The van der Waals surface area contributed by atoms with Gasteiger partial charge in [-0.05, 0) is 79.9 Å². The Morgan fingerprint density at radius 2 is 0.758 bits per heavy atom. The molecule has 2 aliphatic rings. The molecule has 9 aromatic carbocycles. The molecule has 288 valence electrons. The molecule has 0 radical (unpaired) electrons. The topological polar surface area (TPSA) is 43.6 Å². The molecule has 0 fully saturated rings. The molecule has 0 N–H and O–H groups in total. The molecule has 0 atom stereocenters. The predicted octanol–water partition coefficient (Wildman–Crippen LogP) is 14.0. The van der Waals surface area contributed by atoms with Crippen LogP contribution in [0.5, 0.6) is 0 Å². The Bertz CT molecular complexity index is 3500. The van der Waals surface area contributed by atoms with Crippen molar-refractivity contribution in [2.75, 3.05) is 0 Å². The van der Waals surface area contributed by atoms with Gasteiger partial charge in [0.2, 0.25) is 0 Å². The smallest absolute Gasteiger partial charge is 0.166 e. The van der Waals surface area contributed by atoms with Crippen molar-refractivity contribution in [1.29, 1.82) is 0 Å². The molecule has 1 spiro atoms. The molecule has 4 heteroatoms. The lowest BCUT2D eigenvalue weighted by atomic mass is 9.68. The minimum Gasteiger partial charge on any atom is -0.309 e. The fourth-order valence-electron chi connectivity index (χ4n) is 10.6. The van der Waals surface area contributed by atoms with Crippen LogP contribution in [0.15, 0.2) is 218 Å². The largest absolute Gasteiger partial charge is 0.309 e. The summed E-state index contributed by atoms with van der Waals surface area (Å²) >= 11 is 0. The summed E-state index contributed by atoms with van der Waals surface area (Å²) < 4.78 is 2.34. The Morgan fingerprint density at radius 3 is 1.44 bits per heavy atom. The number of benzene rings is 9. The van der Waals surface area contributed by atoms with Crippen LogP contribution in [0, 0.1) is 0 Å². The van der Waals surface area contributed by atoms with Gasteiger partial charge < -0.3 is 4.57 Å². The zero-order valence-electron chi connectivity index (χ0n) is 33.6.